The lowest BCUT2D eigenvalue weighted by atomic mass is 10.1. The number of amides is 1. The number of nitrogens with two attached hydrogens (primary N) is 2. The number of aromatic nitrogens is 2. The minimum Gasteiger partial charge on any atom is -0.390 e. The maximum Gasteiger partial charge on any atom is 0.260 e. The highest BCUT2D eigenvalue weighted by Gasteiger charge is 2.24. The van der Waals surface area contributed by atoms with Gasteiger partial charge in [-0.15, -0.1) is 11.3 Å². The Morgan fingerprint density at radius 3 is 2.76 bits per heavy atom. The molecule has 0 radical (unpaired) electrons. The molecule has 4 aromatic rings. The SMILES string of the molecule is Nc1sc2cc(-c3c(F)cccc3F)cnc2c1C(=O)Nc1cnccc1N1CCCC(N)C1. The van der Waals surface area contributed by atoms with Crippen LogP contribution >= 0.6 is 11.3 Å². The third-order valence-electron chi connectivity index (χ3n) is 5.88. The molecular weight excluding hydrogens is 458 g/mol. The number of piperidine rings is 1. The maximum atomic E-state index is 14.2. The quantitative estimate of drug-likeness (QED) is 0.399. The van der Waals surface area contributed by atoms with E-state index in [0.29, 0.717) is 22.4 Å². The summed E-state index contributed by atoms with van der Waals surface area (Å²) in [5.74, 6) is -1.81. The number of halogens is 2. The van der Waals surface area contributed by atoms with Crippen molar-refractivity contribution in [3.63, 3.8) is 0 Å². The number of hydrogen-bond acceptors (Lipinski definition) is 7. The van der Waals surface area contributed by atoms with E-state index in [1.807, 2.05) is 6.07 Å². The van der Waals surface area contributed by atoms with Gasteiger partial charge in [0.25, 0.3) is 5.91 Å². The van der Waals surface area contributed by atoms with Crippen molar-refractivity contribution in [2.75, 3.05) is 29.0 Å². The van der Waals surface area contributed by atoms with Crippen LogP contribution in [0.25, 0.3) is 21.3 Å². The first-order valence-electron chi connectivity index (χ1n) is 10.8. The zero-order chi connectivity index (χ0) is 23.8. The Labute approximate surface area is 198 Å². The second-order valence-electron chi connectivity index (χ2n) is 8.20. The number of carbonyl (C=O) groups is 1. The second kappa shape index (κ2) is 8.96. The lowest BCUT2D eigenvalue weighted by molar-refractivity contribution is 0.102. The molecule has 1 fully saturated rings. The molecule has 10 heteroatoms. The average Bonchev–Trinajstić information content (AvgIpc) is 3.14. The van der Waals surface area contributed by atoms with Crippen LogP contribution in [0.4, 0.5) is 25.2 Å². The van der Waals surface area contributed by atoms with Crippen molar-refractivity contribution < 1.29 is 13.6 Å². The highest BCUT2D eigenvalue weighted by molar-refractivity contribution is 7.23. The molecule has 1 amide bonds. The summed E-state index contributed by atoms with van der Waals surface area (Å²) < 4.78 is 29.0. The molecular formula is C24H22F2N6OS. The molecule has 1 aromatic carbocycles. The number of rotatable bonds is 4. The van der Waals surface area contributed by atoms with Crippen molar-refractivity contribution in [2.24, 2.45) is 5.73 Å². The van der Waals surface area contributed by atoms with Crippen LogP contribution in [0.5, 0.6) is 0 Å². The van der Waals surface area contributed by atoms with Gasteiger partial charge in [0.15, 0.2) is 0 Å². The van der Waals surface area contributed by atoms with Gasteiger partial charge in [0.2, 0.25) is 0 Å². The molecule has 1 aliphatic heterocycles. The molecule has 1 atom stereocenters. The molecule has 0 saturated carbocycles. The van der Waals surface area contributed by atoms with Gasteiger partial charge in [0.05, 0.1) is 33.4 Å². The van der Waals surface area contributed by atoms with Crippen LogP contribution < -0.4 is 21.7 Å². The van der Waals surface area contributed by atoms with E-state index in [1.54, 1.807) is 18.5 Å². The number of anilines is 3. The van der Waals surface area contributed by atoms with Gasteiger partial charge in [0.1, 0.15) is 22.2 Å². The number of hydrogen-bond donors (Lipinski definition) is 3. The summed E-state index contributed by atoms with van der Waals surface area (Å²) in [6.45, 7) is 1.52. The van der Waals surface area contributed by atoms with Crippen LogP contribution in [0.15, 0.2) is 48.9 Å². The topological polar surface area (TPSA) is 110 Å². The first-order valence-corrected chi connectivity index (χ1v) is 11.6. The Kier molecular flexibility index (Phi) is 5.84. The lowest BCUT2D eigenvalue weighted by Crippen LogP contribution is -2.43. The molecule has 4 heterocycles. The molecule has 1 unspecified atom stereocenters. The van der Waals surface area contributed by atoms with Gasteiger partial charge >= 0.3 is 0 Å². The van der Waals surface area contributed by atoms with E-state index in [0.717, 1.165) is 36.4 Å². The maximum absolute atomic E-state index is 14.2. The summed E-state index contributed by atoms with van der Waals surface area (Å²) in [6.07, 6.45) is 6.53. The van der Waals surface area contributed by atoms with Crippen LogP contribution in [-0.2, 0) is 0 Å². The zero-order valence-electron chi connectivity index (χ0n) is 18.1. The van der Waals surface area contributed by atoms with E-state index in [4.69, 9.17) is 11.5 Å². The van der Waals surface area contributed by atoms with E-state index < -0.39 is 17.5 Å². The van der Waals surface area contributed by atoms with E-state index in [2.05, 4.69) is 20.2 Å². The van der Waals surface area contributed by atoms with E-state index >= 15 is 0 Å². The Balaban J connectivity index is 1.48. The van der Waals surface area contributed by atoms with Gasteiger partial charge in [-0.1, -0.05) is 6.07 Å². The minimum absolute atomic E-state index is 0.0691. The molecule has 0 aliphatic carbocycles. The van der Waals surface area contributed by atoms with Crippen LogP contribution in [0.1, 0.15) is 23.2 Å². The lowest BCUT2D eigenvalue weighted by Gasteiger charge is -2.33. The molecule has 5 N–H and O–H groups in total. The molecule has 34 heavy (non-hydrogen) atoms. The van der Waals surface area contributed by atoms with Crippen molar-refractivity contribution in [3.8, 4) is 11.1 Å². The van der Waals surface area contributed by atoms with Crippen LogP contribution in [0, 0.1) is 11.6 Å². The van der Waals surface area contributed by atoms with Gasteiger partial charge in [-0.2, -0.15) is 0 Å². The fourth-order valence-electron chi connectivity index (χ4n) is 4.30. The van der Waals surface area contributed by atoms with E-state index in [-0.39, 0.29) is 27.7 Å². The van der Waals surface area contributed by atoms with Crippen molar-refractivity contribution in [1.29, 1.82) is 0 Å². The Morgan fingerprint density at radius 2 is 2.00 bits per heavy atom. The van der Waals surface area contributed by atoms with E-state index in [9.17, 15) is 13.6 Å². The minimum atomic E-state index is -0.690. The highest BCUT2D eigenvalue weighted by atomic mass is 32.1. The number of fused-ring (bicyclic) bond motifs is 1. The van der Waals surface area contributed by atoms with Crippen molar-refractivity contribution in [1.82, 2.24) is 9.97 Å². The molecule has 0 bridgehead atoms. The zero-order valence-corrected chi connectivity index (χ0v) is 18.9. The average molecular weight is 481 g/mol. The summed E-state index contributed by atoms with van der Waals surface area (Å²) in [5, 5.41) is 3.17. The molecule has 5 rings (SSSR count). The summed E-state index contributed by atoms with van der Waals surface area (Å²) in [6, 6.07) is 7.17. The molecule has 3 aromatic heterocycles. The van der Waals surface area contributed by atoms with Crippen molar-refractivity contribution in [3.05, 3.63) is 66.1 Å². The normalized spacial score (nSPS) is 16.1. The molecule has 7 nitrogen and oxygen atoms in total. The van der Waals surface area contributed by atoms with Gasteiger partial charge in [-0.3, -0.25) is 14.8 Å². The number of nitrogens with zero attached hydrogens (tertiary/aromatic N) is 3. The summed E-state index contributed by atoms with van der Waals surface area (Å²) in [7, 11) is 0. The van der Waals surface area contributed by atoms with Crippen molar-refractivity contribution in [2.45, 2.75) is 18.9 Å². The second-order valence-corrected chi connectivity index (χ2v) is 9.29. The Hall–Kier alpha value is -3.63. The highest BCUT2D eigenvalue weighted by Crippen LogP contribution is 2.37. The van der Waals surface area contributed by atoms with Gasteiger partial charge < -0.3 is 21.7 Å². The fraction of sp³-hybridized carbons (Fsp3) is 0.208. The van der Waals surface area contributed by atoms with Gasteiger partial charge in [0, 0.05) is 37.1 Å². The number of nitrogen functional groups attached to an aromatic ring is 1. The van der Waals surface area contributed by atoms with Crippen LogP contribution in [0.3, 0.4) is 0 Å². The molecule has 174 valence electrons. The van der Waals surface area contributed by atoms with Gasteiger partial charge in [-0.05, 0) is 37.1 Å². The third kappa shape index (κ3) is 4.06. The number of pyridine rings is 2. The number of nitrogens with one attached hydrogen (secondary N) is 1. The fourth-order valence-corrected chi connectivity index (χ4v) is 5.26. The first kappa shape index (κ1) is 22.2. The number of carbonyl (C=O) groups excluding carboxylic acids is 1. The molecule has 0 spiro atoms. The summed E-state index contributed by atoms with van der Waals surface area (Å²) in [5.41, 5.74) is 14.4. The first-order chi connectivity index (χ1) is 16.4. The number of thiophene rings is 1. The largest absolute Gasteiger partial charge is 0.390 e. The summed E-state index contributed by atoms with van der Waals surface area (Å²) >= 11 is 1.14. The standard InChI is InChI=1S/C24H22F2N6OS/c25-15-4-1-5-16(26)20(15)13-9-19-22(30-10-13)21(23(28)34-19)24(33)31-17-11-29-7-6-18(17)32-8-2-3-14(27)12-32/h1,4-7,9-11,14H,2-3,8,12,27-28H2,(H,31,33). The Morgan fingerprint density at radius 1 is 1.21 bits per heavy atom. The Bertz CT molecular complexity index is 1370. The van der Waals surface area contributed by atoms with Crippen LogP contribution in [-0.4, -0.2) is 35.0 Å². The molecule has 1 saturated heterocycles. The van der Waals surface area contributed by atoms with Gasteiger partial charge in [-0.25, -0.2) is 8.78 Å². The van der Waals surface area contributed by atoms with Crippen LogP contribution in [0.2, 0.25) is 0 Å². The number of benzene rings is 1. The monoisotopic (exact) mass is 480 g/mol. The third-order valence-corrected chi connectivity index (χ3v) is 6.83. The molecule has 1 aliphatic rings. The van der Waals surface area contributed by atoms with E-state index in [1.165, 1.54) is 24.4 Å². The van der Waals surface area contributed by atoms with Crippen molar-refractivity contribution >= 4 is 43.8 Å². The predicted molar refractivity (Wildman–Crippen MR) is 131 cm³/mol. The predicted octanol–water partition coefficient (Wildman–Crippen LogP) is 4.40. The smallest absolute Gasteiger partial charge is 0.260 e. The summed E-state index contributed by atoms with van der Waals surface area (Å²) in [4.78, 5) is 23.9.